The van der Waals surface area contributed by atoms with Crippen molar-refractivity contribution in [3.8, 4) is 0 Å². The molecule has 0 aromatic carbocycles. The van der Waals surface area contributed by atoms with Gasteiger partial charge in [0.2, 0.25) is 0 Å². The van der Waals surface area contributed by atoms with Crippen molar-refractivity contribution >= 4 is 0 Å². The molecule has 0 aromatic heterocycles. The van der Waals surface area contributed by atoms with Gasteiger partial charge in [0.1, 0.15) is 0 Å². The second-order valence-electron chi connectivity index (χ2n) is 5.07. The molecule has 0 aliphatic heterocycles. The van der Waals surface area contributed by atoms with Crippen LogP contribution >= 0.6 is 0 Å². The number of allylic oxidation sites excluding steroid dienone is 4. The zero-order chi connectivity index (χ0) is 12.4. The molecule has 0 aliphatic carbocycles. The molecular weight excluding hydrogens is 196 g/mol. The van der Waals surface area contributed by atoms with E-state index in [0.717, 1.165) is 19.3 Å². The van der Waals surface area contributed by atoms with Crippen molar-refractivity contribution < 1.29 is 5.11 Å². The highest BCUT2D eigenvalue weighted by molar-refractivity contribution is 5.02. The number of aliphatic hydroxyl groups is 1. The molecule has 0 rings (SSSR count). The predicted octanol–water partition coefficient (Wildman–Crippen LogP) is 4.48. The average molecular weight is 224 g/mol. The Morgan fingerprint density at radius 2 is 1.75 bits per heavy atom. The molecule has 94 valence electrons. The fourth-order valence-corrected chi connectivity index (χ4v) is 1.67. The molecular formula is C15H28O. The Kier molecular flexibility index (Phi) is 9.31. The van der Waals surface area contributed by atoms with E-state index >= 15 is 0 Å². The molecule has 0 saturated heterocycles. The Hall–Kier alpha value is -0.560. The van der Waals surface area contributed by atoms with Gasteiger partial charge in [0.15, 0.2) is 0 Å². The van der Waals surface area contributed by atoms with Gasteiger partial charge < -0.3 is 5.11 Å². The van der Waals surface area contributed by atoms with Gasteiger partial charge >= 0.3 is 0 Å². The normalized spacial score (nSPS) is 13.7. The van der Waals surface area contributed by atoms with Crippen LogP contribution in [0.1, 0.15) is 59.8 Å². The van der Waals surface area contributed by atoms with E-state index in [0.29, 0.717) is 12.5 Å². The lowest BCUT2D eigenvalue weighted by Gasteiger charge is -2.07. The average Bonchev–Trinajstić information content (AvgIpc) is 2.17. The smallest absolute Gasteiger partial charge is 0.0433 e. The van der Waals surface area contributed by atoms with Gasteiger partial charge in [-0.2, -0.15) is 0 Å². The van der Waals surface area contributed by atoms with Crippen LogP contribution in [0.4, 0.5) is 0 Å². The van der Waals surface area contributed by atoms with Crippen LogP contribution in [0.5, 0.6) is 0 Å². The molecule has 1 heteroatoms. The molecule has 0 aromatic rings. The van der Waals surface area contributed by atoms with Crippen LogP contribution in [-0.4, -0.2) is 11.7 Å². The van der Waals surface area contributed by atoms with E-state index < -0.39 is 0 Å². The summed E-state index contributed by atoms with van der Waals surface area (Å²) in [7, 11) is 0. The highest BCUT2D eigenvalue weighted by Crippen LogP contribution is 2.13. The number of rotatable bonds is 8. The third-order valence-corrected chi connectivity index (χ3v) is 2.87. The zero-order valence-corrected chi connectivity index (χ0v) is 11.4. The minimum Gasteiger partial charge on any atom is -0.396 e. The Labute approximate surface area is 101 Å². The van der Waals surface area contributed by atoms with Gasteiger partial charge in [-0.05, 0) is 58.8 Å². The quantitative estimate of drug-likeness (QED) is 0.603. The molecule has 1 N–H and O–H groups in total. The van der Waals surface area contributed by atoms with E-state index in [1.807, 2.05) is 0 Å². The van der Waals surface area contributed by atoms with Crippen LogP contribution in [0.25, 0.3) is 0 Å². The molecule has 0 bridgehead atoms. The van der Waals surface area contributed by atoms with Crippen LogP contribution in [0.2, 0.25) is 0 Å². The zero-order valence-electron chi connectivity index (χ0n) is 11.4. The van der Waals surface area contributed by atoms with Gasteiger partial charge in [-0.15, -0.1) is 0 Å². The summed E-state index contributed by atoms with van der Waals surface area (Å²) in [6.45, 7) is 9.05. The van der Waals surface area contributed by atoms with Crippen LogP contribution in [0, 0.1) is 5.92 Å². The summed E-state index contributed by atoms with van der Waals surface area (Å²) in [5, 5.41) is 8.79. The SMILES string of the molecule is CC(C)=CCCC(C)=CCC[C@H](C)CCO. The summed E-state index contributed by atoms with van der Waals surface area (Å²) in [5.41, 5.74) is 2.90. The third-order valence-electron chi connectivity index (χ3n) is 2.87. The third kappa shape index (κ3) is 9.97. The van der Waals surface area contributed by atoms with Crippen LogP contribution in [0.3, 0.4) is 0 Å². The molecule has 0 heterocycles. The number of aliphatic hydroxyl groups excluding tert-OH is 1. The maximum Gasteiger partial charge on any atom is 0.0433 e. The van der Waals surface area contributed by atoms with E-state index in [1.165, 1.54) is 24.0 Å². The molecule has 0 radical (unpaired) electrons. The number of hydrogen-bond donors (Lipinski definition) is 1. The molecule has 16 heavy (non-hydrogen) atoms. The van der Waals surface area contributed by atoms with Crippen LogP contribution in [-0.2, 0) is 0 Å². The van der Waals surface area contributed by atoms with Gasteiger partial charge in [0.25, 0.3) is 0 Å². The molecule has 0 saturated carbocycles. The lowest BCUT2D eigenvalue weighted by atomic mass is 10.0. The monoisotopic (exact) mass is 224 g/mol. The van der Waals surface area contributed by atoms with Gasteiger partial charge in [-0.25, -0.2) is 0 Å². The highest BCUT2D eigenvalue weighted by Gasteiger charge is 1.99. The van der Waals surface area contributed by atoms with Crippen molar-refractivity contribution in [3.05, 3.63) is 23.3 Å². The van der Waals surface area contributed by atoms with Gasteiger partial charge in [0.05, 0.1) is 0 Å². The lowest BCUT2D eigenvalue weighted by Crippen LogP contribution is -1.97. The molecule has 0 spiro atoms. The molecule has 1 nitrogen and oxygen atoms in total. The molecule has 1 atom stereocenters. The minimum atomic E-state index is 0.324. The lowest BCUT2D eigenvalue weighted by molar-refractivity contribution is 0.259. The van der Waals surface area contributed by atoms with Crippen molar-refractivity contribution in [2.75, 3.05) is 6.61 Å². The first kappa shape index (κ1) is 15.4. The van der Waals surface area contributed by atoms with Crippen molar-refractivity contribution in [2.24, 2.45) is 5.92 Å². The molecule has 0 unspecified atom stereocenters. The highest BCUT2D eigenvalue weighted by atomic mass is 16.3. The van der Waals surface area contributed by atoms with Gasteiger partial charge in [0, 0.05) is 6.61 Å². The summed E-state index contributed by atoms with van der Waals surface area (Å²) in [5.74, 6) is 0.645. The fourth-order valence-electron chi connectivity index (χ4n) is 1.67. The Bertz CT molecular complexity index is 222. The predicted molar refractivity (Wildman–Crippen MR) is 72.5 cm³/mol. The molecule has 0 fully saturated rings. The summed E-state index contributed by atoms with van der Waals surface area (Å²) in [6, 6.07) is 0. The summed E-state index contributed by atoms with van der Waals surface area (Å²) in [6.07, 6.45) is 10.3. The Morgan fingerprint density at radius 1 is 1.06 bits per heavy atom. The first-order valence-electron chi connectivity index (χ1n) is 6.46. The van der Waals surface area contributed by atoms with Gasteiger partial charge in [-0.3, -0.25) is 0 Å². The van der Waals surface area contributed by atoms with Crippen molar-refractivity contribution in [1.82, 2.24) is 0 Å². The summed E-state index contributed by atoms with van der Waals surface area (Å²) < 4.78 is 0. The Balaban J connectivity index is 3.66. The van der Waals surface area contributed by atoms with Gasteiger partial charge in [-0.1, -0.05) is 30.2 Å². The van der Waals surface area contributed by atoms with E-state index in [2.05, 4.69) is 39.8 Å². The Morgan fingerprint density at radius 3 is 2.31 bits per heavy atom. The minimum absolute atomic E-state index is 0.324. The maximum atomic E-state index is 8.79. The summed E-state index contributed by atoms with van der Waals surface area (Å²) in [4.78, 5) is 0. The van der Waals surface area contributed by atoms with Crippen molar-refractivity contribution in [3.63, 3.8) is 0 Å². The maximum absolute atomic E-state index is 8.79. The summed E-state index contributed by atoms with van der Waals surface area (Å²) >= 11 is 0. The second-order valence-corrected chi connectivity index (χ2v) is 5.07. The van der Waals surface area contributed by atoms with Crippen molar-refractivity contribution in [2.45, 2.75) is 59.8 Å². The van der Waals surface area contributed by atoms with E-state index in [4.69, 9.17) is 5.11 Å². The van der Waals surface area contributed by atoms with E-state index in [9.17, 15) is 0 Å². The fraction of sp³-hybridized carbons (Fsp3) is 0.733. The van der Waals surface area contributed by atoms with E-state index in [1.54, 1.807) is 0 Å². The van der Waals surface area contributed by atoms with Crippen LogP contribution in [0.15, 0.2) is 23.3 Å². The molecule has 0 amide bonds. The second kappa shape index (κ2) is 9.65. The standard InChI is InChI=1S/C15H28O/c1-13(2)7-5-8-14(3)9-6-10-15(4)11-12-16/h7,9,15-16H,5-6,8,10-12H2,1-4H3/t15-/m0/s1. The van der Waals surface area contributed by atoms with E-state index in [-0.39, 0.29) is 0 Å². The number of hydrogen-bond acceptors (Lipinski definition) is 1. The first-order chi connectivity index (χ1) is 7.56. The molecule has 0 aliphatic rings. The van der Waals surface area contributed by atoms with Crippen molar-refractivity contribution in [1.29, 1.82) is 0 Å². The largest absolute Gasteiger partial charge is 0.396 e. The van der Waals surface area contributed by atoms with Crippen LogP contribution < -0.4 is 0 Å². The topological polar surface area (TPSA) is 20.2 Å². The first-order valence-corrected chi connectivity index (χ1v) is 6.46.